The molecule has 4 rings (SSSR count). The van der Waals surface area contributed by atoms with Crippen molar-refractivity contribution in [1.82, 2.24) is 9.99 Å². The second kappa shape index (κ2) is 7.31. The molecule has 1 aliphatic heterocycles. The lowest BCUT2D eigenvalue weighted by Crippen LogP contribution is -2.53. The largest absolute Gasteiger partial charge is 0.478 e. The molecule has 7 heteroatoms. The number of nitrogens with zero attached hydrogens (tertiary/aromatic N) is 2. The second-order valence-electron chi connectivity index (χ2n) is 7.69. The number of carboxylic acids is 1. The molecule has 1 saturated carbocycles. The molecule has 1 aromatic carbocycles. The van der Waals surface area contributed by atoms with E-state index in [2.05, 4.69) is 10.4 Å². The molecule has 1 atom stereocenters. The summed E-state index contributed by atoms with van der Waals surface area (Å²) in [5.41, 5.74) is 11.2. The summed E-state index contributed by atoms with van der Waals surface area (Å²) >= 11 is 0. The highest BCUT2D eigenvalue weighted by atomic mass is 16.4. The molecule has 0 spiro atoms. The van der Waals surface area contributed by atoms with Gasteiger partial charge in [-0.05, 0) is 50.3 Å². The number of hydrogen-bond acceptors (Lipinski definition) is 4. The van der Waals surface area contributed by atoms with Gasteiger partial charge in [0.05, 0.1) is 22.5 Å². The zero-order valence-corrected chi connectivity index (χ0v) is 16.5. The fourth-order valence-electron chi connectivity index (χ4n) is 4.58. The summed E-state index contributed by atoms with van der Waals surface area (Å²) in [5.74, 6) is -0.996. The fraction of sp³-hybridized carbons (Fsp3) is 0.364. The average Bonchev–Trinajstić information content (AvgIpc) is 3.36. The third-order valence-electron chi connectivity index (χ3n) is 6.01. The predicted octanol–water partition coefficient (Wildman–Crippen LogP) is 2.99. The van der Waals surface area contributed by atoms with Crippen LogP contribution in [0.15, 0.2) is 48.8 Å². The Morgan fingerprint density at radius 3 is 2.55 bits per heavy atom. The normalized spacial score (nSPS) is 21.0. The molecule has 1 amide bonds. The first kappa shape index (κ1) is 19.1. The highest BCUT2D eigenvalue weighted by Crippen LogP contribution is 2.55. The van der Waals surface area contributed by atoms with Crippen LogP contribution in [0.25, 0.3) is 5.57 Å². The van der Waals surface area contributed by atoms with Crippen molar-refractivity contribution < 1.29 is 14.7 Å². The Bertz CT molecular complexity index is 962. The average molecular weight is 394 g/mol. The van der Waals surface area contributed by atoms with Gasteiger partial charge in [0.1, 0.15) is 0 Å². The second-order valence-corrected chi connectivity index (χ2v) is 7.69. The number of carboxylic acid groups (broad SMARTS) is 1. The van der Waals surface area contributed by atoms with Gasteiger partial charge in [-0.25, -0.2) is 4.79 Å². The molecule has 1 unspecified atom stereocenters. The van der Waals surface area contributed by atoms with E-state index >= 15 is 0 Å². The number of amides is 1. The van der Waals surface area contributed by atoms with Crippen molar-refractivity contribution >= 4 is 23.1 Å². The molecule has 2 aromatic rings. The minimum absolute atomic E-state index is 0.230. The Hall–Kier alpha value is -3.22. The lowest BCUT2D eigenvalue weighted by molar-refractivity contribution is -0.118. The van der Waals surface area contributed by atoms with Crippen LogP contribution in [0.5, 0.6) is 0 Å². The van der Waals surface area contributed by atoms with Crippen molar-refractivity contribution in [2.45, 2.75) is 44.7 Å². The van der Waals surface area contributed by atoms with Crippen LogP contribution in [-0.4, -0.2) is 27.1 Å². The monoisotopic (exact) mass is 394 g/mol. The summed E-state index contributed by atoms with van der Waals surface area (Å²) in [6.45, 7) is 2.65. The number of aryl methyl sites for hydroxylation is 1. The molecular formula is C22H26N4O3. The standard InChI is InChI=1S/C22H26N4O3/c1-2-25-13-11-17(21(28)29)20(25)18-14-24-26(16-6-4-3-5-7-16)22(18,15-8-9-15)12-10-19(23)27/h3-7,11,13-15,24H,2,8-10,12H2,1H3,(H2,23,27)(H,28,29). The number of rotatable bonds is 8. The summed E-state index contributed by atoms with van der Waals surface area (Å²) in [6, 6.07) is 11.6. The third-order valence-corrected chi connectivity index (χ3v) is 6.01. The van der Waals surface area contributed by atoms with Gasteiger partial charge < -0.3 is 20.8 Å². The van der Waals surface area contributed by atoms with E-state index in [4.69, 9.17) is 5.73 Å². The predicted molar refractivity (Wildman–Crippen MR) is 111 cm³/mol. The quantitative estimate of drug-likeness (QED) is 0.639. The van der Waals surface area contributed by atoms with Crippen LogP contribution in [0.1, 0.15) is 48.7 Å². The van der Waals surface area contributed by atoms with E-state index < -0.39 is 11.5 Å². The van der Waals surface area contributed by atoms with Gasteiger partial charge in [0.2, 0.25) is 5.91 Å². The van der Waals surface area contributed by atoms with E-state index in [-0.39, 0.29) is 17.9 Å². The number of carbonyl (C=O) groups excluding carboxylic acids is 1. The van der Waals surface area contributed by atoms with E-state index in [1.165, 1.54) is 0 Å². The number of aromatic carboxylic acids is 1. The molecule has 1 fully saturated rings. The van der Waals surface area contributed by atoms with Crippen LogP contribution in [0, 0.1) is 5.92 Å². The van der Waals surface area contributed by atoms with Crippen molar-refractivity contribution in [3.63, 3.8) is 0 Å². The van der Waals surface area contributed by atoms with Gasteiger partial charge in [-0.15, -0.1) is 0 Å². The van der Waals surface area contributed by atoms with Crippen LogP contribution >= 0.6 is 0 Å². The first-order valence-corrected chi connectivity index (χ1v) is 10.0. The van der Waals surface area contributed by atoms with Crippen molar-refractivity contribution in [2.24, 2.45) is 11.7 Å². The fourth-order valence-corrected chi connectivity index (χ4v) is 4.58. The molecular weight excluding hydrogens is 368 g/mol. The van der Waals surface area contributed by atoms with Gasteiger partial charge in [0.25, 0.3) is 0 Å². The minimum Gasteiger partial charge on any atom is -0.478 e. The first-order valence-electron chi connectivity index (χ1n) is 10.0. The number of nitrogens with one attached hydrogen (secondary N) is 1. The molecule has 0 saturated heterocycles. The zero-order valence-electron chi connectivity index (χ0n) is 16.5. The van der Waals surface area contributed by atoms with Crippen LogP contribution in [0.4, 0.5) is 5.69 Å². The molecule has 4 N–H and O–H groups in total. The van der Waals surface area contributed by atoms with Gasteiger partial charge >= 0.3 is 5.97 Å². The number of benzene rings is 1. The number of hydrazine groups is 1. The highest BCUT2D eigenvalue weighted by Gasteiger charge is 2.56. The maximum Gasteiger partial charge on any atom is 0.337 e. The van der Waals surface area contributed by atoms with Crippen LogP contribution < -0.4 is 16.2 Å². The number of nitrogens with two attached hydrogens (primary N) is 1. The number of hydrogen-bond donors (Lipinski definition) is 3. The molecule has 2 heterocycles. The maximum atomic E-state index is 12.0. The van der Waals surface area contributed by atoms with Gasteiger partial charge in [0.15, 0.2) is 0 Å². The third kappa shape index (κ3) is 3.16. The number of anilines is 1. The summed E-state index contributed by atoms with van der Waals surface area (Å²) < 4.78 is 1.97. The summed E-state index contributed by atoms with van der Waals surface area (Å²) in [7, 11) is 0. The summed E-state index contributed by atoms with van der Waals surface area (Å²) in [4.78, 5) is 23.7. The van der Waals surface area contributed by atoms with Gasteiger partial charge in [-0.2, -0.15) is 0 Å². The van der Waals surface area contributed by atoms with Crippen LogP contribution in [0.2, 0.25) is 0 Å². The number of aromatic nitrogens is 1. The van der Waals surface area contributed by atoms with Crippen molar-refractivity contribution in [2.75, 3.05) is 5.01 Å². The Balaban J connectivity index is 1.88. The van der Waals surface area contributed by atoms with E-state index in [1.54, 1.807) is 6.07 Å². The van der Waals surface area contributed by atoms with E-state index in [0.717, 1.165) is 24.1 Å². The molecule has 0 bridgehead atoms. The molecule has 2 aliphatic rings. The lowest BCUT2D eigenvalue weighted by Gasteiger charge is -2.42. The molecule has 1 aliphatic carbocycles. The summed E-state index contributed by atoms with van der Waals surface area (Å²) in [5, 5.41) is 11.9. The van der Waals surface area contributed by atoms with Crippen LogP contribution in [0.3, 0.4) is 0 Å². The topological polar surface area (TPSA) is 101 Å². The minimum atomic E-state index is -0.953. The summed E-state index contributed by atoms with van der Waals surface area (Å²) in [6.07, 6.45) is 6.52. The lowest BCUT2D eigenvalue weighted by atomic mass is 9.78. The number of primary amides is 1. The van der Waals surface area contributed by atoms with Gasteiger partial charge in [0, 0.05) is 30.9 Å². The maximum absolute atomic E-state index is 12.0. The number of para-hydroxylation sites is 1. The Morgan fingerprint density at radius 1 is 1.24 bits per heavy atom. The Kier molecular flexibility index (Phi) is 4.82. The van der Waals surface area contributed by atoms with Crippen molar-refractivity contribution in [3.8, 4) is 0 Å². The van der Waals surface area contributed by atoms with Gasteiger partial charge in [-0.1, -0.05) is 18.2 Å². The molecule has 7 nitrogen and oxygen atoms in total. The Labute approximate surface area is 169 Å². The van der Waals surface area contributed by atoms with Crippen molar-refractivity contribution in [1.29, 1.82) is 0 Å². The van der Waals surface area contributed by atoms with Crippen molar-refractivity contribution in [3.05, 3.63) is 60.1 Å². The molecule has 152 valence electrons. The number of carbonyl (C=O) groups is 2. The van der Waals surface area contributed by atoms with E-state index in [0.29, 0.717) is 24.6 Å². The molecule has 0 radical (unpaired) electrons. The molecule has 1 aromatic heterocycles. The zero-order chi connectivity index (χ0) is 20.6. The smallest absolute Gasteiger partial charge is 0.337 e. The molecule has 29 heavy (non-hydrogen) atoms. The van der Waals surface area contributed by atoms with E-state index in [9.17, 15) is 14.7 Å². The van der Waals surface area contributed by atoms with E-state index in [1.807, 2.05) is 54.2 Å². The highest BCUT2D eigenvalue weighted by molar-refractivity contribution is 5.96. The van der Waals surface area contributed by atoms with Gasteiger partial charge in [-0.3, -0.25) is 9.80 Å². The first-order chi connectivity index (χ1) is 14.0. The Morgan fingerprint density at radius 2 is 1.97 bits per heavy atom. The van der Waals surface area contributed by atoms with Crippen LogP contribution in [-0.2, 0) is 11.3 Å². The SMILES string of the molecule is CCn1ccc(C(=O)O)c1C1=CNN(c2ccccc2)C1(CCC(N)=O)C1CC1.